The van der Waals surface area contributed by atoms with Crippen LogP contribution < -0.4 is 10.5 Å². The molecule has 0 bridgehead atoms. The molecule has 1 aromatic heterocycles. The molecular weight excluding hydrogens is 320 g/mol. The predicted octanol–water partition coefficient (Wildman–Crippen LogP) is 2.30. The molecule has 0 amide bonds. The molecule has 5 nitrogen and oxygen atoms in total. The highest BCUT2D eigenvalue weighted by molar-refractivity contribution is 9.10. The van der Waals surface area contributed by atoms with Gasteiger partial charge in [-0.3, -0.25) is 0 Å². The smallest absolute Gasteiger partial charge is 0.238 e. The highest BCUT2D eigenvalue weighted by atomic mass is 79.9. The highest BCUT2D eigenvalue weighted by Crippen LogP contribution is 2.17. The lowest BCUT2D eigenvalue weighted by Gasteiger charge is -2.05. The Morgan fingerprint density at radius 3 is 2.67 bits per heavy atom. The van der Waals surface area contributed by atoms with E-state index in [0.29, 0.717) is 16.9 Å². The Morgan fingerprint density at radius 2 is 2.06 bits per heavy atom. The number of benzene rings is 1. The summed E-state index contributed by atoms with van der Waals surface area (Å²) in [7, 11) is -3.68. The molecule has 0 spiro atoms. The van der Waals surface area contributed by atoms with Crippen LogP contribution in [-0.4, -0.2) is 8.42 Å². The van der Waals surface area contributed by atoms with Gasteiger partial charge in [0.25, 0.3) is 0 Å². The minimum Gasteiger partial charge on any atom is -0.452 e. The number of furan rings is 1. The normalized spacial score (nSPS) is 11.4. The second kappa shape index (κ2) is 5.13. The monoisotopic (exact) mass is 330 g/mol. The van der Waals surface area contributed by atoms with E-state index >= 15 is 0 Å². The third-order valence-corrected chi connectivity index (χ3v) is 3.60. The van der Waals surface area contributed by atoms with Gasteiger partial charge in [0.1, 0.15) is 5.76 Å². The van der Waals surface area contributed by atoms with Crippen LogP contribution >= 0.6 is 15.9 Å². The first kappa shape index (κ1) is 13.1. The summed E-state index contributed by atoms with van der Waals surface area (Å²) in [5, 5.41) is 8.11. The van der Waals surface area contributed by atoms with Crippen molar-refractivity contribution >= 4 is 31.6 Å². The van der Waals surface area contributed by atoms with Gasteiger partial charge in [-0.05, 0) is 46.3 Å². The second-order valence-electron chi connectivity index (χ2n) is 3.63. The van der Waals surface area contributed by atoms with Gasteiger partial charge in [-0.15, -0.1) is 0 Å². The van der Waals surface area contributed by atoms with Gasteiger partial charge in [0.2, 0.25) is 10.0 Å². The highest BCUT2D eigenvalue weighted by Gasteiger charge is 2.08. The third-order valence-electron chi connectivity index (χ3n) is 2.26. The number of rotatable bonds is 4. The van der Waals surface area contributed by atoms with E-state index in [2.05, 4.69) is 21.2 Å². The Kier molecular flexibility index (Phi) is 3.74. The second-order valence-corrected chi connectivity index (χ2v) is 5.98. The molecule has 0 saturated heterocycles. The summed E-state index contributed by atoms with van der Waals surface area (Å²) in [6.45, 7) is 0.458. The lowest BCUT2D eigenvalue weighted by molar-refractivity contribution is 0.495. The molecular formula is C11H11BrN2O3S. The minimum atomic E-state index is -3.68. The van der Waals surface area contributed by atoms with Crippen LogP contribution in [0.4, 0.5) is 5.69 Å². The molecule has 1 aromatic carbocycles. The first-order chi connectivity index (χ1) is 8.45. The Balaban J connectivity index is 2.11. The zero-order chi connectivity index (χ0) is 13.2. The Hall–Kier alpha value is -1.31. The maximum atomic E-state index is 11.2. The van der Waals surface area contributed by atoms with Crippen molar-refractivity contribution in [3.05, 3.63) is 46.8 Å². The summed E-state index contributed by atoms with van der Waals surface area (Å²) in [5.74, 6) is 0.739. The number of hydrogen-bond acceptors (Lipinski definition) is 4. The first-order valence-corrected chi connectivity index (χ1v) is 7.40. The van der Waals surface area contributed by atoms with Crippen LogP contribution in [0.5, 0.6) is 0 Å². The molecule has 18 heavy (non-hydrogen) atoms. The largest absolute Gasteiger partial charge is 0.452 e. The molecule has 96 valence electrons. The minimum absolute atomic E-state index is 0.0770. The van der Waals surface area contributed by atoms with Crippen molar-refractivity contribution in [1.29, 1.82) is 0 Å². The lowest BCUT2D eigenvalue weighted by atomic mass is 10.3. The van der Waals surface area contributed by atoms with Crippen molar-refractivity contribution in [3.8, 4) is 0 Å². The van der Waals surface area contributed by atoms with Crippen molar-refractivity contribution in [2.75, 3.05) is 5.32 Å². The van der Waals surface area contributed by atoms with Crippen LogP contribution in [0.2, 0.25) is 0 Å². The van der Waals surface area contributed by atoms with Crippen LogP contribution in [-0.2, 0) is 16.6 Å². The van der Waals surface area contributed by atoms with Gasteiger partial charge >= 0.3 is 0 Å². The van der Waals surface area contributed by atoms with Gasteiger partial charge in [0.15, 0.2) is 4.67 Å². The maximum Gasteiger partial charge on any atom is 0.238 e. The molecule has 0 radical (unpaired) electrons. The number of nitrogens with two attached hydrogens (primary N) is 1. The predicted molar refractivity (Wildman–Crippen MR) is 71.5 cm³/mol. The van der Waals surface area contributed by atoms with Crippen molar-refractivity contribution in [2.24, 2.45) is 5.14 Å². The van der Waals surface area contributed by atoms with Crippen LogP contribution in [0.15, 0.2) is 50.4 Å². The summed E-state index contributed by atoms with van der Waals surface area (Å²) >= 11 is 3.21. The quantitative estimate of drug-likeness (QED) is 0.900. The van der Waals surface area contributed by atoms with E-state index in [1.807, 2.05) is 6.07 Å². The molecule has 0 saturated carbocycles. The molecule has 0 aliphatic carbocycles. The first-order valence-electron chi connectivity index (χ1n) is 5.06. The molecule has 2 rings (SSSR count). The SMILES string of the molecule is NS(=O)(=O)c1cccc(NCc2ccc(Br)o2)c1. The molecule has 0 unspecified atom stereocenters. The molecule has 0 aliphatic rings. The number of sulfonamides is 1. The van der Waals surface area contributed by atoms with E-state index in [0.717, 1.165) is 5.76 Å². The summed E-state index contributed by atoms with van der Waals surface area (Å²) in [6, 6.07) is 9.92. The fraction of sp³-hybridized carbons (Fsp3) is 0.0909. The third kappa shape index (κ3) is 3.34. The molecule has 0 aliphatic heterocycles. The molecule has 7 heteroatoms. The average Bonchev–Trinajstić information content (AvgIpc) is 2.72. The van der Waals surface area contributed by atoms with Crippen LogP contribution in [0.1, 0.15) is 5.76 Å². The van der Waals surface area contributed by atoms with Crippen LogP contribution in [0.3, 0.4) is 0 Å². The van der Waals surface area contributed by atoms with Crippen molar-refractivity contribution in [2.45, 2.75) is 11.4 Å². The van der Waals surface area contributed by atoms with E-state index in [9.17, 15) is 8.42 Å². The van der Waals surface area contributed by atoms with Gasteiger partial charge in [0, 0.05) is 5.69 Å². The number of nitrogens with one attached hydrogen (secondary N) is 1. The molecule has 1 heterocycles. The lowest BCUT2D eigenvalue weighted by Crippen LogP contribution is -2.12. The summed E-state index contributed by atoms with van der Waals surface area (Å²) in [4.78, 5) is 0.0770. The average molecular weight is 331 g/mol. The Bertz CT molecular complexity index is 652. The molecule has 0 fully saturated rings. The Labute approximate surface area is 113 Å². The van der Waals surface area contributed by atoms with Crippen molar-refractivity contribution in [1.82, 2.24) is 0 Å². The van der Waals surface area contributed by atoms with Crippen LogP contribution in [0.25, 0.3) is 0 Å². The standard InChI is InChI=1S/C11H11BrN2O3S/c12-11-5-4-9(17-11)7-14-8-2-1-3-10(6-8)18(13,15)16/h1-6,14H,7H2,(H2,13,15,16). The summed E-state index contributed by atoms with van der Waals surface area (Å²) < 4.78 is 28.3. The van der Waals surface area contributed by atoms with E-state index in [-0.39, 0.29) is 4.90 Å². The van der Waals surface area contributed by atoms with Crippen LogP contribution in [0, 0.1) is 0 Å². The van der Waals surface area contributed by atoms with E-state index < -0.39 is 10.0 Å². The van der Waals surface area contributed by atoms with E-state index in [1.54, 1.807) is 18.2 Å². The van der Waals surface area contributed by atoms with Crippen molar-refractivity contribution in [3.63, 3.8) is 0 Å². The fourth-order valence-corrected chi connectivity index (χ4v) is 2.32. The van der Waals surface area contributed by atoms with Gasteiger partial charge in [0.05, 0.1) is 11.4 Å². The number of hydrogen-bond donors (Lipinski definition) is 2. The molecule has 3 N–H and O–H groups in total. The summed E-state index contributed by atoms with van der Waals surface area (Å²) in [6.07, 6.45) is 0. The molecule has 2 aromatic rings. The van der Waals surface area contributed by atoms with Gasteiger partial charge < -0.3 is 9.73 Å². The zero-order valence-electron chi connectivity index (χ0n) is 9.26. The fourth-order valence-electron chi connectivity index (χ4n) is 1.42. The van der Waals surface area contributed by atoms with Crippen molar-refractivity contribution < 1.29 is 12.8 Å². The Morgan fingerprint density at radius 1 is 1.28 bits per heavy atom. The zero-order valence-corrected chi connectivity index (χ0v) is 11.7. The van der Waals surface area contributed by atoms with E-state index in [1.165, 1.54) is 12.1 Å². The van der Waals surface area contributed by atoms with E-state index in [4.69, 9.17) is 9.56 Å². The number of primary sulfonamides is 1. The van der Waals surface area contributed by atoms with Gasteiger partial charge in [-0.25, -0.2) is 13.6 Å². The number of halogens is 1. The van der Waals surface area contributed by atoms with Gasteiger partial charge in [-0.1, -0.05) is 6.07 Å². The van der Waals surface area contributed by atoms with Gasteiger partial charge in [-0.2, -0.15) is 0 Å². The molecule has 0 atom stereocenters. The maximum absolute atomic E-state index is 11.2. The topological polar surface area (TPSA) is 85.3 Å². The number of anilines is 1. The summed E-state index contributed by atoms with van der Waals surface area (Å²) in [5.41, 5.74) is 0.661.